The molecule has 3 rings (SSSR count). The molecular formula is C13H13N5S. The van der Waals surface area contributed by atoms with Gasteiger partial charge in [0.05, 0.1) is 5.69 Å². The minimum atomic E-state index is 0.849. The first-order valence-corrected chi connectivity index (χ1v) is 6.81. The largest absolute Gasteiger partial charge is 0.380 e. The molecule has 0 bridgehead atoms. The van der Waals surface area contributed by atoms with Gasteiger partial charge in [0.2, 0.25) is 0 Å². The Labute approximate surface area is 114 Å². The van der Waals surface area contributed by atoms with E-state index in [-0.39, 0.29) is 0 Å². The molecule has 19 heavy (non-hydrogen) atoms. The average molecular weight is 271 g/mol. The van der Waals surface area contributed by atoms with Crippen LogP contribution in [0.3, 0.4) is 0 Å². The molecule has 6 heteroatoms. The topological polar surface area (TPSA) is 55.6 Å². The standard InChI is InChI=1S/C13H13N5S/c1-10-7-11(14-8-12-3-2-6-19-12)4-5-13(10)18-9-15-16-17-18/h2-7,9,14H,8H2,1H3. The highest BCUT2D eigenvalue weighted by Crippen LogP contribution is 2.19. The molecule has 0 atom stereocenters. The number of benzene rings is 1. The number of aromatic nitrogens is 4. The van der Waals surface area contributed by atoms with Gasteiger partial charge in [0.25, 0.3) is 0 Å². The molecule has 1 aromatic carbocycles. The summed E-state index contributed by atoms with van der Waals surface area (Å²) in [6.07, 6.45) is 1.60. The van der Waals surface area contributed by atoms with E-state index >= 15 is 0 Å². The summed E-state index contributed by atoms with van der Waals surface area (Å²) in [4.78, 5) is 1.32. The van der Waals surface area contributed by atoms with Crippen molar-refractivity contribution < 1.29 is 0 Å². The number of nitrogens with one attached hydrogen (secondary N) is 1. The van der Waals surface area contributed by atoms with Gasteiger partial charge >= 0.3 is 0 Å². The van der Waals surface area contributed by atoms with E-state index < -0.39 is 0 Å². The summed E-state index contributed by atoms with van der Waals surface area (Å²) in [5.41, 5.74) is 3.22. The lowest BCUT2D eigenvalue weighted by Crippen LogP contribution is -2.01. The Balaban J connectivity index is 1.76. The molecule has 0 aliphatic heterocycles. The maximum absolute atomic E-state index is 3.90. The minimum Gasteiger partial charge on any atom is -0.380 e. The minimum absolute atomic E-state index is 0.849. The highest BCUT2D eigenvalue weighted by Gasteiger charge is 2.03. The summed E-state index contributed by atoms with van der Waals surface area (Å²) in [6.45, 7) is 2.90. The van der Waals surface area contributed by atoms with Crippen LogP contribution in [0.1, 0.15) is 10.4 Å². The molecule has 0 fully saturated rings. The summed E-state index contributed by atoms with van der Waals surface area (Å²) in [5, 5.41) is 16.7. The van der Waals surface area contributed by atoms with Crippen LogP contribution in [-0.2, 0) is 6.54 Å². The van der Waals surface area contributed by atoms with E-state index in [1.165, 1.54) is 4.88 Å². The van der Waals surface area contributed by atoms with Crippen molar-refractivity contribution in [2.45, 2.75) is 13.5 Å². The van der Waals surface area contributed by atoms with Crippen LogP contribution in [0.15, 0.2) is 42.0 Å². The monoisotopic (exact) mass is 271 g/mol. The number of thiophene rings is 1. The molecule has 0 radical (unpaired) electrons. The number of nitrogens with zero attached hydrogens (tertiary/aromatic N) is 4. The van der Waals surface area contributed by atoms with Gasteiger partial charge in [0, 0.05) is 17.1 Å². The summed E-state index contributed by atoms with van der Waals surface area (Å²) in [5.74, 6) is 0. The molecule has 0 spiro atoms. The van der Waals surface area contributed by atoms with E-state index in [1.807, 2.05) is 19.1 Å². The summed E-state index contributed by atoms with van der Waals surface area (Å²) in [7, 11) is 0. The van der Waals surface area contributed by atoms with Gasteiger partial charge in [0.15, 0.2) is 0 Å². The third-order valence-electron chi connectivity index (χ3n) is 2.84. The average Bonchev–Trinajstić information content (AvgIpc) is 3.10. The fraction of sp³-hybridized carbons (Fsp3) is 0.154. The van der Waals surface area contributed by atoms with Crippen LogP contribution in [0.5, 0.6) is 0 Å². The van der Waals surface area contributed by atoms with E-state index in [4.69, 9.17) is 0 Å². The van der Waals surface area contributed by atoms with Crippen LogP contribution in [-0.4, -0.2) is 20.2 Å². The molecule has 0 saturated heterocycles. The van der Waals surface area contributed by atoms with Crippen molar-refractivity contribution in [3.8, 4) is 5.69 Å². The zero-order valence-corrected chi connectivity index (χ0v) is 11.3. The summed E-state index contributed by atoms with van der Waals surface area (Å²) >= 11 is 1.75. The molecule has 96 valence electrons. The molecule has 0 unspecified atom stereocenters. The molecule has 2 aromatic heterocycles. The van der Waals surface area contributed by atoms with Gasteiger partial charge in [-0.3, -0.25) is 0 Å². The van der Waals surface area contributed by atoms with Gasteiger partial charge in [-0.2, -0.15) is 0 Å². The Morgan fingerprint density at radius 1 is 1.32 bits per heavy atom. The van der Waals surface area contributed by atoms with E-state index in [0.717, 1.165) is 23.5 Å². The predicted molar refractivity (Wildman–Crippen MR) is 75.5 cm³/mol. The van der Waals surface area contributed by atoms with Gasteiger partial charge < -0.3 is 5.32 Å². The number of tetrazole rings is 1. The number of aryl methyl sites for hydroxylation is 1. The van der Waals surface area contributed by atoms with Gasteiger partial charge in [-0.05, 0) is 52.6 Å². The molecule has 3 aromatic rings. The predicted octanol–water partition coefficient (Wildman–Crippen LogP) is 2.64. The Kier molecular flexibility index (Phi) is 3.24. The molecule has 0 saturated carbocycles. The second-order valence-electron chi connectivity index (χ2n) is 4.19. The zero-order valence-electron chi connectivity index (χ0n) is 10.4. The SMILES string of the molecule is Cc1cc(NCc2cccs2)ccc1-n1cnnn1. The molecule has 5 nitrogen and oxygen atoms in total. The Hall–Kier alpha value is -2.21. The highest BCUT2D eigenvalue weighted by atomic mass is 32.1. The Bertz CT molecular complexity index is 646. The van der Waals surface area contributed by atoms with Gasteiger partial charge in [-0.15, -0.1) is 16.4 Å². The normalized spacial score (nSPS) is 10.6. The van der Waals surface area contributed by atoms with Gasteiger partial charge in [-0.25, -0.2) is 4.68 Å². The van der Waals surface area contributed by atoms with Crippen LogP contribution in [0.2, 0.25) is 0 Å². The molecule has 0 amide bonds. The molecule has 0 aliphatic carbocycles. The third kappa shape index (κ3) is 2.63. The number of hydrogen-bond donors (Lipinski definition) is 1. The summed E-state index contributed by atoms with van der Waals surface area (Å²) < 4.78 is 1.67. The van der Waals surface area contributed by atoms with Crippen molar-refractivity contribution in [2.24, 2.45) is 0 Å². The zero-order chi connectivity index (χ0) is 13.1. The van der Waals surface area contributed by atoms with Crippen molar-refractivity contribution in [1.29, 1.82) is 0 Å². The lowest BCUT2D eigenvalue weighted by molar-refractivity contribution is 0.785. The van der Waals surface area contributed by atoms with Crippen LogP contribution in [0, 0.1) is 6.92 Å². The van der Waals surface area contributed by atoms with Crippen molar-refractivity contribution in [3.05, 3.63) is 52.5 Å². The molecule has 0 aliphatic rings. The van der Waals surface area contributed by atoms with Crippen LogP contribution in [0.4, 0.5) is 5.69 Å². The van der Waals surface area contributed by atoms with Crippen molar-refractivity contribution in [2.75, 3.05) is 5.32 Å². The number of hydrogen-bond acceptors (Lipinski definition) is 5. The van der Waals surface area contributed by atoms with E-state index in [0.29, 0.717) is 0 Å². The van der Waals surface area contributed by atoms with E-state index in [9.17, 15) is 0 Å². The van der Waals surface area contributed by atoms with Crippen molar-refractivity contribution in [3.63, 3.8) is 0 Å². The van der Waals surface area contributed by atoms with E-state index in [1.54, 1.807) is 22.3 Å². The maximum Gasteiger partial charge on any atom is 0.143 e. The first-order valence-electron chi connectivity index (χ1n) is 5.93. The first-order chi connectivity index (χ1) is 9.33. The second-order valence-corrected chi connectivity index (χ2v) is 5.22. The fourth-order valence-electron chi connectivity index (χ4n) is 1.90. The first kappa shape index (κ1) is 11.9. The van der Waals surface area contributed by atoms with Crippen LogP contribution < -0.4 is 5.32 Å². The number of anilines is 1. The lowest BCUT2D eigenvalue weighted by atomic mass is 10.2. The second kappa shape index (κ2) is 5.19. The molecule has 1 N–H and O–H groups in total. The Morgan fingerprint density at radius 2 is 2.26 bits per heavy atom. The maximum atomic E-state index is 3.90. The van der Waals surface area contributed by atoms with Crippen molar-refractivity contribution in [1.82, 2.24) is 20.2 Å². The third-order valence-corrected chi connectivity index (χ3v) is 3.72. The molecular weight excluding hydrogens is 258 g/mol. The van der Waals surface area contributed by atoms with Crippen LogP contribution in [0.25, 0.3) is 5.69 Å². The van der Waals surface area contributed by atoms with Gasteiger partial charge in [0.1, 0.15) is 6.33 Å². The lowest BCUT2D eigenvalue weighted by Gasteiger charge is -2.09. The number of rotatable bonds is 4. The summed E-state index contributed by atoms with van der Waals surface area (Å²) in [6, 6.07) is 10.3. The van der Waals surface area contributed by atoms with Gasteiger partial charge in [-0.1, -0.05) is 6.07 Å². The fourth-order valence-corrected chi connectivity index (χ4v) is 2.54. The highest BCUT2D eigenvalue weighted by molar-refractivity contribution is 7.09. The quantitative estimate of drug-likeness (QED) is 0.792. The van der Waals surface area contributed by atoms with Crippen LogP contribution >= 0.6 is 11.3 Å². The molecule has 2 heterocycles. The Morgan fingerprint density at radius 3 is 2.95 bits per heavy atom. The van der Waals surface area contributed by atoms with E-state index in [2.05, 4.69) is 44.4 Å². The van der Waals surface area contributed by atoms with Crippen molar-refractivity contribution >= 4 is 17.0 Å². The smallest absolute Gasteiger partial charge is 0.143 e.